The first-order valence-corrected chi connectivity index (χ1v) is 8.02. The van der Waals surface area contributed by atoms with Crippen LogP contribution < -0.4 is 5.32 Å². The third-order valence-corrected chi connectivity index (χ3v) is 4.27. The monoisotopic (exact) mass is 296 g/mol. The first-order valence-electron chi connectivity index (χ1n) is 8.02. The van der Waals surface area contributed by atoms with Crippen molar-refractivity contribution < 1.29 is 8.78 Å². The van der Waals surface area contributed by atoms with Crippen molar-refractivity contribution in [3.63, 3.8) is 0 Å². The molecule has 118 valence electrons. The van der Waals surface area contributed by atoms with Crippen LogP contribution in [0, 0.1) is 11.6 Å². The highest BCUT2D eigenvalue weighted by atomic mass is 19.1. The zero-order chi connectivity index (χ0) is 15.2. The van der Waals surface area contributed by atoms with E-state index in [1.807, 2.05) is 0 Å². The molecule has 0 saturated carbocycles. The summed E-state index contributed by atoms with van der Waals surface area (Å²) in [4.78, 5) is 2.37. The lowest BCUT2D eigenvalue weighted by atomic mass is 9.95. The lowest BCUT2D eigenvalue weighted by molar-refractivity contribution is 0.111. The van der Waals surface area contributed by atoms with Crippen molar-refractivity contribution in [2.75, 3.05) is 13.1 Å². The van der Waals surface area contributed by atoms with Crippen LogP contribution >= 0.6 is 0 Å². The molecule has 1 heterocycles. The van der Waals surface area contributed by atoms with Crippen molar-refractivity contribution in [3.8, 4) is 0 Å². The van der Waals surface area contributed by atoms with Crippen molar-refractivity contribution in [1.82, 2.24) is 10.2 Å². The van der Waals surface area contributed by atoms with Crippen molar-refractivity contribution in [2.45, 2.75) is 58.2 Å². The maximum atomic E-state index is 13.3. The third-order valence-electron chi connectivity index (χ3n) is 4.27. The molecular formula is C17H26F2N2. The molecule has 1 fully saturated rings. The van der Waals surface area contributed by atoms with E-state index < -0.39 is 11.6 Å². The maximum Gasteiger partial charge on any atom is 0.126 e. The van der Waals surface area contributed by atoms with Crippen molar-refractivity contribution in [1.29, 1.82) is 0 Å². The van der Waals surface area contributed by atoms with Gasteiger partial charge in [0.25, 0.3) is 0 Å². The fourth-order valence-corrected chi connectivity index (χ4v) is 3.22. The number of halogens is 2. The molecule has 4 heteroatoms. The van der Waals surface area contributed by atoms with E-state index in [0.29, 0.717) is 18.6 Å². The van der Waals surface area contributed by atoms with Crippen LogP contribution in [0.15, 0.2) is 18.2 Å². The molecule has 2 nitrogen and oxygen atoms in total. The second-order valence-electron chi connectivity index (χ2n) is 6.05. The van der Waals surface area contributed by atoms with Gasteiger partial charge >= 0.3 is 0 Å². The summed E-state index contributed by atoms with van der Waals surface area (Å²) < 4.78 is 26.7. The normalized spacial score (nSPS) is 21.4. The van der Waals surface area contributed by atoms with Crippen molar-refractivity contribution >= 4 is 0 Å². The van der Waals surface area contributed by atoms with E-state index in [2.05, 4.69) is 24.1 Å². The van der Waals surface area contributed by atoms with Gasteiger partial charge in [0.1, 0.15) is 11.6 Å². The number of nitrogens with one attached hydrogen (secondary N) is 1. The Morgan fingerprint density at radius 1 is 1.24 bits per heavy atom. The molecule has 1 aliphatic heterocycles. The molecule has 0 aromatic heterocycles. The second kappa shape index (κ2) is 7.85. The molecule has 0 bridgehead atoms. The average molecular weight is 296 g/mol. The minimum absolute atomic E-state index is 0.406. The van der Waals surface area contributed by atoms with Crippen molar-refractivity contribution in [3.05, 3.63) is 35.4 Å². The smallest absolute Gasteiger partial charge is 0.126 e. The number of hydrogen-bond acceptors (Lipinski definition) is 2. The number of hydrogen-bond donors (Lipinski definition) is 1. The fourth-order valence-electron chi connectivity index (χ4n) is 3.22. The van der Waals surface area contributed by atoms with Gasteiger partial charge in [-0.05, 0) is 57.0 Å². The summed E-state index contributed by atoms with van der Waals surface area (Å²) in [6.07, 6.45) is 4.66. The van der Waals surface area contributed by atoms with Crippen LogP contribution in [0.3, 0.4) is 0 Å². The van der Waals surface area contributed by atoms with Crippen LogP contribution in [-0.4, -0.2) is 30.1 Å². The van der Waals surface area contributed by atoms with Crippen LogP contribution in [0.4, 0.5) is 8.78 Å². The van der Waals surface area contributed by atoms with E-state index >= 15 is 0 Å². The minimum atomic E-state index is -0.490. The van der Waals surface area contributed by atoms with Gasteiger partial charge in [0.15, 0.2) is 0 Å². The van der Waals surface area contributed by atoms with E-state index in [-0.39, 0.29) is 0 Å². The highest BCUT2D eigenvalue weighted by Gasteiger charge is 2.27. The van der Waals surface area contributed by atoms with Crippen LogP contribution in [0.2, 0.25) is 0 Å². The average Bonchev–Trinajstić information content (AvgIpc) is 2.44. The molecule has 1 N–H and O–H groups in total. The molecule has 2 rings (SSSR count). The van der Waals surface area contributed by atoms with Gasteiger partial charge in [-0.25, -0.2) is 8.78 Å². The molecule has 0 aliphatic carbocycles. The number of piperidine rings is 1. The molecule has 1 aromatic rings. The summed E-state index contributed by atoms with van der Waals surface area (Å²) in [5, 5.41) is 3.55. The minimum Gasteiger partial charge on any atom is -0.313 e. The molecule has 1 aliphatic rings. The van der Waals surface area contributed by atoms with Gasteiger partial charge in [0.05, 0.1) is 0 Å². The molecule has 1 aromatic carbocycles. The summed E-state index contributed by atoms with van der Waals surface area (Å²) in [6.45, 7) is 7.01. The summed E-state index contributed by atoms with van der Waals surface area (Å²) in [5.41, 5.74) is 0.724. The molecule has 1 saturated heterocycles. The van der Waals surface area contributed by atoms with Crippen molar-refractivity contribution in [2.24, 2.45) is 0 Å². The maximum absolute atomic E-state index is 13.3. The standard InChI is InChI=1S/C17H26F2N2/c1-3-7-20-13(2)17-6-4-5-8-21(17)12-14-9-15(18)11-16(19)10-14/h9-11,13,17,20H,3-8,12H2,1-2H3. The van der Waals surface area contributed by atoms with Gasteiger partial charge in [0, 0.05) is 24.7 Å². The zero-order valence-electron chi connectivity index (χ0n) is 13.0. The highest BCUT2D eigenvalue weighted by molar-refractivity contribution is 5.18. The van der Waals surface area contributed by atoms with E-state index in [0.717, 1.165) is 44.0 Å². The molecule has 0 radical (unpaired) electrons. The number of nitrogens with zero attached hydrogens (tertiary/aromatic N) is 1. The van der Waals surface area contributed by atoms with Gasteiger partial charge in [-0.2, -0.15) is 0 Å². The predicted octanol–water partition coefficient (Wildman–Crippen LogP) is 3.71. The third kappa shape index (κ3) is 4.75. The lowest BCUT2D eigenvalue weighted by Crippen LogP contribution is -2.50. The molecule has 21 heavy (non-hydrogen) atoms. The summed E-state index contributed by atoms with van der Waals surface area (Å²) in [6, 6.07) is 4.67. The summed E-state index contributed by atoms with van der Waals surface area (Å²) >= 11 is 0. The molecule has 0 spiro atoms. The van der Waals surface area contributed by atoms with E-state index in [4.69, 9.17) is 0 Å². The van der Waals surface area contributed by atoms with Crippen LogP contribution in [0.1, 0.15) is 45.1 Å². The Morgan fingerprint density at radius 2 is 1.95 bits per heavy atom. The number of likely N-dealkylation sites (tertiary alicyclic amines) is 1. The van der Waals surface area contributed by atoms with Crippen LogP contribution in [0.5, 0.6) is 0 Å². The first-order chi connectivity index (χ1) is 10.1. The van der Waals surface area contributed by atoms with Gasteiger partial charge in [-0.15, -0.1) is 0 Å². The van der Waals surface area contributed by atoms with Gasteiger partial charge < -0.3 is 5.32 Å². The van der Waals surface area contributed by atoms with Crippen LogP contribution in [0.25, 0.3) is 0 Å². The van der Waals surface area contributed by atoms with Gasteiger partial charge in [-0.3, -0.25) is 4.90 Å². The van der Waals surface area contributed by atoms with Crippen LogP contribution in [-0.2, 0) is 6.54 Å². The lowest BCUT2D eigenvalue weighted by Gasteiger charge is -2.39. The number of rotatable bonds is 6. The molecule has 0 amide bonds. The molecule has 2 unspecified atom stereocenters. The topological polar surface area (TPSA) is 15.3 Å². The predicted molar refractivity (Wildman–Crippen MR) is 82.2 cm³/mol. The Kier molecular flexibility index (Phi) is 6.12. The quantitative estimate of drug-likeness (QED) is 0.861. The largest absolute Gasteiger partial charge is 0.313 e. The highest BCUT2D eigenvalue weighted by Crippen LogP contribution is 2.22. The summed E-state index contributed by atoms with van der Waals surface area (Å²) in [7, 11) is 0. The SMILES string of the molecule is CCCNC(C)C1CCCCN1Cc1cc(F)cc(F)c1. The van der Waals surface area contributed by atoms with Gasteiger partial charge in [0.2, 0.25) is 0 Å². The Hall–Kier alpha value is -1.00. The summed E-state index contributed by atoms with van der Waals surface area (Å²) in [5.74, 6) is -0.980. The van der Waals surface area contributed by atoms with Gasteiger partial charge in [-0.1, -0.05) is 13.3 Å². The Balaban J connectivity index is 2.04. The molecule has 2 atom stereocenters. The Labute approximate surface area is 126 Å². The number of benzene rings is 1. The van der Waals surface area contributed by atoms with E-state index in [9.17, 15) is 8.78 Å². The van der Waals surface area contributed by atoms with E-state index in [1.165, 1.54) is 18.6 Å². The Bertz CT molecular complexity index is 430. The molecular weight excluding hydrogens is 270 g/mol. The Morgan fingerprint density at radius 3 is 2.62 bits per heavy atom. The zero-order valence-corrected chi connectivity index (χ0v) is 13.0. The first kappa shape index (κ1) is 16.4. The van der Waals surface area contributed by atoms with E-state index in [1.54, 1.807) is 0 Å². The fraction of sp³-hybridized carbons (Fsp3) is 0.647. The second-order valence-corrected chi connectivity index (χ2v) is 6.05.